The van der Waals surface area contributed by atoms with Gasteiger partial charge < -0.3 is 14.6 Å². The summed E-state index contributed by atoms with van der Waals surface area (Å²) in [5.74, 6) is 0.503. The Morgan fingerprint density at radius 3 is 2.41 bits per heavy atom. The molecule has 3 aromatic rings. The summed E-state index contributed by atoms with van der Waals surface area (Å²) in [5.41, 5.74) is 2.36. The molecule has 1 N–H and O–H groups in total. The quantitative estimate of drug-likeness (QED) is 0.796. The third kappa shape index (κ3) is 3.01. The van der Waals surface area contributed by atoms with E-state index < -0.39 is 0 Å². The highest BCUT2D eigenvalue weighted by Gasteiger charge is 2.07. The van der Waals surface area contributed by atoms with Crippen LogP contribution >= 0.6 is 0 Å². The van der Waals surface area contributed by atoms with E-state index in [4.69, 9.17) is 4.74 Å². The van der Waals surface area contributed by atoms with Gasteiger partial charge in [0.1, 0.15) is 5.75 Å². The fourth-order valence-corrected chi connectivity index (χ4v) is 2.19. The van der Waals surface area contributed by atoms with Gasteiger partial charge in [0.15, 0.2) is 0 Å². The molecule has 4 heteroatoms. The summed E-state index contributed by atoms with van der Waals surface area (Å²) in [7, 11) is 1.58. The first-order valence-electron chi connectivity index (χ1n) is 6.95. The second-order valence-electron chi connectivity index (χ2n) is 4.82. The minimum Gasteiger partial charge on any atom is -0.497 e. The van der Waals surface area contributed by atoms with Crippen molar-refractivity contribution < 1.29 is 9.53 Å². The Bertz CT molecular complexity index is 762. The van der Waals surface area contributed by atoms with Gasteiger partial charge in [-0.1, -0.05) is 6.07 Å². The predicted octanol–water partition coefficient (Wildman–Crippen LogP) is 3.74. The van der Waals surface area contributed by atoms with Crippen LogP contribution in [0, 0.1) is 0 Å². The highest BCUT2D eigenvalue weighted by atomic mass is 16.5. The van der Waals surface area contributed by atoms with E-state index in [0.29, 0.717) is 11.3 Å². The molecule has 0 radical (unpaired) electrons. The number of ether oxygens (including phenoxy) is 1. The van der Waals surface area contributed by atoms with E-state index in [9.17, 15) is 4.79 Å². The summed E-state index contributed by atoms with van der Waals surface area (Å²) in [5, 5.41) is 2.88. The van der Waals surface area contributed by atoms with Crippen molar-refractivity contribution in [2.45, 2.75) is 0 Å². The smallest absolute Gasteiger partial charge is 0.255 e. The van der Waals surface area contributed by atoms with Crippen molar-refractivity contribution >= 4 is 11.6 Å². The number of benzene rings is 2. The van der Waals surface area contributed by atoms with Gasteiger partial charge in [0, 0.05) is 29.3 Å². The fraction of sp³-hybridized carbons (Fsp3) is 0.0556. The molecule has 22 heavy (non-hydrogen) atoms. The zero-order valence-electron chi connectivity index (χ0n) is 12.2. The molecule has 0 saturated carbocycles. The number of hydrogen-bond acceptors (Lipinski definition) is 2. The Labute approximate surface area is 129 Å². The first-order valence-corrected chi connectivity index (χ1v) is 6.95. The maximum atomic E-state index is 12.2. The molecule has 3 rings (SSSR count). The molecule has 0 aliphatic carbocycles. The maximum Gasteiger partial charge on any atom is 0.255 e. The first kappa shape index (κ1) is 13.9. The molecule has 110 valence electrons. The molecule has 2 aromatic carbocycles. The number of hydrogen-bond donors (Lipinski definition) is 1. The summed E-state index contributed by atoms with van der Waals surface area (Å²) in [6, 6.07) is 18.7. The SMILES string of the molecule is COc1cccc(C(=O)Nc2ccc(-n3cccc3)cc2)c1. The van der Waals surface area contributed by atoms with Gasteiger partial charge in [-0.25, -0.2) is 0 Å². The van der Waals surface area contributed by atoms with Gasteiger partial charge in [-0.2, -0.15) is 0 Å². The Kier molecular flexibility index (Phi) is 3.92. The molecule has 0 bridgehead atoms. The van der Waals surface area contributed by atoms with Crippen LogP contribution in [0.3, 0.4) is 0 Å². The van der Waals surface area contributed by atoms with Crippen LogP contribution in [0.25, 0.3) is 5.69 Å². The summed E-state index contributed by atoms with van der Waals surface area (Å²) in [6.45, 7) is 0. The molecule has 0 atom stereocenters. The third-order valence-electron chi connectivity index (χ3n) is 3.36. The number of carbonyl (C=O) groups excluding carboxylic acids is 1. The summed E-state index contributed by atoms with van der Waals surface area (Å²) in [6.07, 6.45) is 3.95. The van der Waals surface area contributed by atoms with Gasteiger partial charge in [-0.15, -0.1) is 0 Å². The highest BCUT2D eigenvalue weighted by molar-refractivity contribution is 6.04. The zero-order chi connectivity index (χ0) is 15.4. The second kappa shape index (κ2) is 6.18. The molecule has 1 amide bonds. The largest absolute Gasteiger partial charge is 0.497 e. The topological polar surface area (TPSA) is 43.3 Å². The first-order chi connectivity index (χ1) is 10.8. The Morgan fingerprint density at radius 2 is 1.73 bits per heavy atom. The van der Waals surface area contributed by atoms with Crippen LogP contribution in [0.15, 0.2) is 73.1 Å². The van der Waals surface area contributed by atoms with Gasteiger partial charge in [0.25, 0.3) is 5.91 Å². The van der Waals surface area contributed by atoms with E-state index in [1.807, 2.05) is 59.4 Å². The van der Waals surface area contributed by atoms with Crippen LogP contribution in [0.4, 0.5) is 5.69 Å². The molecule has 0 aliphatic heterocycles. The van der Waals surface area contributed by atoms with Gasteiger partial charge in [0.05, 0.1) is 7.11 Å². The maximum absolute atomic E-state index is 12.2. The summed E-state index contributed by atoms with van der Waals surface area (Å²) >= 11 is 0. The molecule has 0 fully saturated rings. The average molecular weight is 292 g/mol. The van der Waals surface area contributed by atoms with Crippen molar-refractivity contribution in [3.05, 3.63) is 78.6 Å². The van der Waals surface area contributed by atoms with Gasteiger partial charge in [-0.3, -0.25) is 4.79 Å². The van der Waals surface area contributed by atoms with Crippen LogP contribution in [0.1, 0.15) is 10.4 Å². The average Bonchev–Trinajstić information content (AvgIpc) is 3.10. The molecule has 0 aliphatic rings. The van der Waals surface area contributed by atoms with E-state index in [-0.39, 0.29) is 5.91 Å². The minimum atomic E-state index is -0.160. The van der Waals surface area contributed by atoms with E-state index in [1.54, 1.807) is 25.3 Å². The van der Waals surface area contributed by atoms with E-state index in [0.717, 1.165) is 11.4 Å². The van der Waals surface area contributed by atoms with E-state index in [2.05, 4.69) is 5.32 Å². The number of anilines is 1. The van der Waals surface area contributed by atoms with Gasteiger partial charge in [0.2, 0.25) is 0 Å². The van der Waals surface area contributed by atoms with Crippen LogP contribution in [0.2, 0.25) is 0 Å². The van der Waals surface area contributed by atoms with Gasteiger partial charge >= 0.3 is 0 Å². The molecular weight excluding hydrogens is 276 g/mol. The number of amides is 1. The predicted molar refractivity (Wildman–Crippen MR) is 86.7 cm³/mol. The number of carbonyl (C=O) groups is 1. The van der Waals surface area contributed by atoms with Crippen molar-refractivity contribution in [2.24, 2.45) is 0 Å². The second-order valence-corrected chi connectivity index (χ2v) is 4.82. The highest BCUT2D eigenvalue weighted by Crippen LogP contribution is 2.16. The molecule has 0 spiro atoms. The van der Waals surface area contributed by atoms with E-state index in [1.165, 1.54) is 0 Å². The summed E-state index contributed by atoms with van der Waals surface area (Å²) < 4.78 is 7.14. The normalized spacial score (nSPS) is 10.2. The Balaban J connectivity index is 1.74. The standard InChI is InChI=1S/C18H16N2O2/c1-22-17-6-4-5-14(13-17)18(21)19-15-7-9-16(10-8-15)20-11-2-3-12-20/h2-13H,1H3,(H,19,21). The molecular formula is C18H16N2O2. The third-order valence-corrected chi connectivity index (χ3v) is 3.36. The zero-order valence-corrected chi connectivity index (χ0v) is 12.2. The van der Waals surface area contributed by atoms with Crippen molar-refractivity contribution in [2.75, 3.05) is 12.4 Å². The molecule has 0 unspecified atom stereocenters. The monoisotopic (exact) mass is 292 g/mol. The Morgan fingerprint density at radius 1 is 1.00 bits per heavy atom. The number of nitrogens with one attached hydrogen (secondary N) is 1. The lowest BCUT2D eigenvalue weighted by Gasteiger charge is -2.08. The van der Waals surface area contributed by atoms with Crippen molar-refractivity contribution in [1.82, 2.24) is 4.57 Å². The lowest BCUT2D eigenvalue weighted by Crippen LogP contribution is -2.11. The molecule has 0 saturated heterocycles. The number of nitrogens with zero attached hydrogens (tertiary/aromatic N) is 1. The molecule has 4 nitrogen and oxygen atoms in total. The lowest BCUT2D eigenvalue weighted by atomic mass is 10.2. The number of aromatic nitrogens is 1. The van der Waals surface area contributed by atoms with Crippen LogP contribution in [0.5, 0.6) is 5.75 Å². The number of methoxy groups -OCH3 is 1. The van der Waals surface area contributed by atoms with Crippen LogP contribution in [-0.4, -0.2) is 17.6 Å². The molecule has 1 aromatic heterocycles. The van der Waals surface area contributed by atoms with Crippen molar-refractivity contribution in [3.63, 3.8) is 0 Å². The minimum absolute atomic E-state index is 0.160. The van der Waals surface area contributed by atoms with Crippen molar-refractivity contribution in [3.8, 4) is 11.4 Å². The molecule has 1 heterocycles. The fourth-order valence-electron chi connectivity index (χ4n) is 2.19. The van der Waals surface area contributed by atoms with Crippen LogP contribution < -0.4 is 10.1 Å². The van der Waals surface area contributed by atoms with Gasteiger partial charge in [-0.05, 0) is 54.6 Å². The van der Waals surface area contributed by atoms with Crippen molar-refractivity contribution in [1.29, 1.82) is 0 Å². The van der Waals surface area contributed by atoms with E-state index >= 15 is 0 Å². The van der Waals surface area contributed by atoms with Crippen LogP contribution in [-0.2, 0) is 0 Å². The summed E-state index contributed by atoms with van der Waals surface area (Å²) in [4.78, 5) is 12.2. The Hall–Kier alpha value is -3.01. The lowest BCUT2D eigenvalue weighted by molar-refractivity contribution is 0.102. The number of rotatable bonds is 4.